The van der Waals surface area contributed by atoms with Gasteiger partial charge in [-0.2, -0.15) is 31.6 Å². The van der Waals surface area contributed by atoms with Crippen LogP contribution in [0.2, 0.25) is 0 Å². The molecule has 0 radical (unpaired) electrons. The second-order valence-corrected chi connectivity index (χ2v) is 13.9. The fourth-order valence-electron chi connectivity index (χ4n) is 5.30. The van der Waals surface area contributed by atoms with Crippen LogP contribution < -0.4 is 9.80 Å². The van der Waals surface area contributed by atoms with E-state index in [4.69, 9.17) is 5.26 Å². The van der Waals surface area contributed by atoms with E-state index in [-0.39, 0.29) is 13.1 Å². The van der Waals surface area contributed by atoms with Crippen molar-refractivity contribution < 1.29 is 53.9 Å². The molecule has 0 spiro atoms. The summed E-state index contributed by atoms with van der Waals surface area (Å²) < 4.78 is 106. The van der Waals surface area contributed by atoms with Gasteiger partial charge in [-0.1, -0.05) is 12.2 Å². The quantitative estimate of drug-likeness (QED) is 0.216. The van der Waals surface area contributed by atoms with E-state index in [1.807, 2.05) is 0 Å². The van der Waals surface area contributed by atoms with Gasteiger partial charge in [0, 0.05) is 19.3 Å². The maximum absolute atomic E-state index is 13.7. The van der Waals surface area contributed by atoms with Crippen LogP contribution in [0.15, 0.2) is 53.4 Å². The Kier molecular flexibility index (Phi) is 8.72. The predicted octanol–water partition coefficient (Wildman–Crippen LogP) is 5.35. The lowest BCUT2D eigenvalue weighted by molar-refractivity contribution is -0.140. The Morgan fingerprint density at radius 2 is 1.12 bits per heavy atom. The number of alkyl halides is 6. The molecule has 0 unspecified atom stereocenters. The Balaban J connectivity index is 1.57. The third-order valence-corrected chi connectivity index (χ3v) is 9.16. The standard InChI is InChI=1S/C30H27F6N5O6S/c1-27(2)23(42)40(18-9-8-17(16-37)20(14-18)29(31,32)33)25(44)38(27)12-6-7-13-39-26(45)41(24(43)28(39,3)4)19-10-11-22(48(5,46)47)21(15-19)30(34,35)36/h6-11,14-15H,12-13H2,1-5H3/b7-6-. The van der Waals surface area contributed by atoms with Crippen LogP contribution in [-0.4, -0.2) is 72.5 Å². The van der Waals surface area contributed by atoms with E-state index in [0.717, 1.165) is 28.0 Å². The van der Waals surface area contributed by atoms with Gasteiger partial charge in [0.25, 0.3) is 11.8 Å². The first kappa shape index (κ1) is 35.9. The Morgan fingerprint density at radius 1 is 0.729 bits per heavy atom. The summed E-state index contributed by atoms with van der Waals surface area (Å²) in [7, 11) is -4.32. The van der Waals surface area contributed by atoms with Gasteiger partial charge in [0.1, 0.15) is 11.1 Å². The van der Waals surface area contributed by atoms with Gasteiger partial charge >= 0.3 is 24.4 Å². The minimum absolute atomic E-state index is 0.279. The fourth-order valence-corrected chi connectivity index (χ4v) is 6.19. The molecule has 2 aliphatic heterocycles. The molecule has 6 amide bonds. The second kappa shape index (κ2) is 11.6. The monoisotopic (exact) mass is 699 g/mol. The lowest BCUT2D eigenvalue weighted by Crippen LogP contribution is -2.45. The summed E-state index contributed by atoms with van der Waals surface area (Å²) in [5.41, 5.74) is -7.64. The largest absolute Gasteiger partial charge is 0.417 e. The zero-order chi connectivity index (χ0) is 36.4. The number of carbonyl (C=O) groups excluding carboxylic acids is 4. The molecule has 2 fully saturated rings. The molecule has 2 aromatic rings. The van der Waals surface area contributed by atoms with Crippen LogP contribution in [0.4, 0.5) is 47.3 Å². The average molecular weight is 700 g/mol. The molecule has 0 bridgehead atoms. The van der Waals surface area contributed by atoms with Crippen LogP contribution >= 0.6 is 0 Å². The molecule has 0 saturated carbocycles. The maximum Gasteiger partial charge on any atom is 0.417 e. The van der Waals surface area contributed by atoms with E-state index in [0.29, 0.717) is 34.3 Å². The van der Waals surface area contributed by atoms with Crippen LogP contribution in [-0.2, 0) is 31.8 Å². The first-order valence-electron chi connectivity index (χ1n) is 13.9. The number of sulfone groups is 1. The van der Waals surface area contributed by atoms with Crippen molar-refractivity contribution in [3.8, 4) is 6.07 Å². The van der Waals surface area contributed by atoms with E-state index in [1.54, 1.807) is 0 Å². The SMILES string of the molecule is CC1(C)C(=O)N(c2ccc(C#N)c(C(F)(F)F)c2)C(=O)N1C/C=C\CN1C(=O)N(c2ccc(S(C)(=O)=O)c(C(F)(F)F)c2)C(=O)C1(C)C. The first-order chi connectivity index (χ1) is 21.9. The molecule has 48 heavy (non-hydrogen) atoms. The molecule has 4 rings (SSSR count). The van der Waals surface area contributed by atoms with Gasteiger partial charge < -0.3 is 9.80 Å². The zero-order valence-electron chi connectivity index (χ0n) is 25.9. The molecule has 256 valence electrons. The number of nitrogens with zero attached hydrogens (tertiary/aromatic N) is 5. The van der Waals surface area contributed by atoms with Gasteiger partial charge in [-0.25, -0.2) is 27.8 Å². The number of urea groups is 2. The van der Waals surface area contributed by atoms with Crippen molar-refractivity contribution in [2.24, 2.45) is 0 Å². The molecular weight excluding hydrogens is 672 g/mol. The molecule has 18 heteroatoms. The molecule has 2 aromatic carbocycles. The minimum atomic E-state index is -5.13. The fraction of sp³-hybridized carbons (Fsp3) is 0.367. The van der Waals surface area contributed by atoms with Crippen molar-refractivity contribution in [1.82, 2.24) is 9.80 Å². The van der Waals surface area contributed by atoms with Crippen LogP contribution in [0.1, 0.15) is 44.4 Å². The van der Waals surface area contributed by atoms with E-state index in [9.17, 15) is 53.9 Å². The molecule has 0 atom stereocenters. The number of imide groups is 2. The normalized spacial score (nSPS) is 18.5. The third-order valence-electron chi connectivity index (χ3n) is 8.00. The van der Waals surface area contributed by atoms with Crippen molar-refractivity contribution in [2.45, 2.75) is 56.0 Å². The number of hydrogen-bond acceptors (Lipinski definition) is 7. The van der Waals surface area contributed by atoms with E-state index in [1.165, 1.54) is 45.9 Å². The minimum Gasteiger partial charge on any atom is -0.306 e. The van der Waals surface area contributed by atoms with Gasteiger partial charge in [-0.15, -0.1) is 0 Å². The molecule has 0 N–H and O–H groups in total. The highest BCUT2D eigenvalue weighted by atomic mass is 32.2. The number of hydrogen-bond donors (Lipinski definition) is 0. The lowest BCUT2D eigenvalue weighted by Gasteiger charge is -2.27. The summed E-state index contributed by atoms with van der Waals surface area (Å²) in [5, 5.41) is 9.06. The maximum atomic E-state index is 13.7. The van der Waals surface area contributed by atoms with Gasteiger partial charge in [0.05, 0.1) is 39.0 Å². The number of amides is 6. The van der Waals surface area contributed by atoms with Crippen molar-refractivity contribution in [2.75, 3.05) is 29.1 Å². The number of carbonyl (C=O) groups is 4. The number of halogens is 6. The molecule has 0 aliphatic carbocycles. The summed E-state index contributed by atoms with van der Waals surface area (Å²) in [5.74, 6) is -1.75. The number of anilines is 2. The van der Waals surface area contributed by atoms with Crippen molar-refractivity contribution in [1.29, 1.82) is 5.26 Å². The Hall–Kier alpha value is -4.92. The number of benzene rings is 2. The number of rotatable bonds is 7. The van der Waals surface area contributed by atoms with Crippen LogP contribution in [0, 0.1) is 11.3 Å². The molecular formula is C30H27F6N5O6S. The number of nitriles is 1. The molecule has 11 nitrogen and oxygen atoms in total. The summed E-state index contributed by atoms with van der Waals surface area (Å²) in [4.78, 5) is 55.2. The summed E-state index contributed by atoms with van der Waals surface area (Å²) in [6.07, 6.45) is -6.78. The topological polar surface area (TPSA) is 139 Å². The Bertz CT molecular complexity index is 1910. The molecule has 2 aliphatic rings. The zero-order valence-corrected chi connectivity index (χ0v) is 26.7. The van der Waals surface area contributed by atoms with Gasteiger partial charge in [0.15, 0.2) is 9.84 Å². The highest BCUT2D eigenvalue weighted by Crippen LogP contribution is 2.40. The Morgan fingerprint density at radius 3 is 1.50 bits per heavy atom. The highest BCUT2D eigenvalue weighted by molar-refractivity contribution is 7.90. The van der Waals surface area contributed by atoms with E-state index >= 15 is 0 Å². The Labute approximate surface area is 270 Å². The second-order valence-electron chi connectivity index (χ2n) is 11.9. The summed E-state index contributed by atoms with van der Waals surface area (Å²) in [6, 6.07) is 3.81. The average Bonchev–Trinajstić information content (AvgIpc) is 3.24. The highest BCUT2D eigenvalue weighted by Gasteiger charge is 2.53. The smallest absolute Gasteiger partial charge is 0.306 e. The van der Waals surface area contributed by atoms with Crippen molar-refractivity contribution in [3.63, 3.8) is 0 Å². The van der Waals surface area contributed by atoms with E-state index in [2.05, 4.69) is 0 Å². The van der Waals surface area contributed by atoms with Crippen LogP contribution in [0.3, 0.4) is 0 Å². The van der Waals surface area contributed by atoms with E-state index < -0.39 is 90.1 Å². The lowest BCUT2D eigenvalue weighted by atomic mass is 10.0. The van der Waals surface area contributed by atoms with Gasteiger partial charge in [0.2, 0.25) is 0 Å². The van der Waals surface area contributed by atoms with Crippen LogP contribution in [0.5, 0.6) is 0 Å². The van der Waals surface area contributed by atoms with Gasteiger partial charge in [-0.3, -0.25) is 9.59 Å². The molecule has 2 heterocycles. The third kappa shape index (κ3) is 6.09. The molecule has 0 aromatic heterocycles. The van der Waals surface area contributed by atoms with Crippen molar-refractivity contribution >= 4 is 45.1 Å². The summed E-state index contributed by atoms with van der Waals surface area (Å²) >= 11 is 0. The first-order valence-corrected chi connectivity index (χ1v) is 15.8. The molecule has 2 saturated heterocycles. The van der Waals surface area contributed by atoms with Crippen LogP contribution in [0.25, 0.3) is 0 Å². The van der Waals surface area contributed by atoms with Gasteiger partial charge in [-0.05, 0) is 64.1 Å². The van der Waals surface area contributed by atoms with Crippen molar-refractivity contribution in [3.05, 3.63) is 65.2 Å². The summed E-state index contributed by atoms with van der Waals surface area (Å²) in [6.45, 7) is 4.83. The predicted molar refractivity (Wildman–Crippen MR) is 157 cm³/mol.